The number of methoxy groups -OCH3 is 1. The second kappa shape index (κ2) is 11.8. The lowest BCUT2D eigenvalue weighted by Gasteiger charge is -2.16. The van der Waals surface area contributed by atoms with E-state index < -0.39 is 28.1 Å². The molecule has 12 heteroatoms. The summed E-state index contributed by atoms with van der Waals surface area (Å²) in [6, 6.07) is 24.9. The van der Waals surface area contributed by atoms with E-state index in [4.69, 9.17) is 9.47 Å². The molecule has 5 rings (SSSR count). The minimum atomic E-state index is -4.90. The van der Waals surface area contributed by atoms with Crippen LogP contribution < -0.4 is 14.4 Å². The van der Waals surface area contributed by atoms with Crippen molar-refractivity contribution in [2.75, 3.05) is 12.0 Å². The molecular weight excluding hydrogens is 571 g/mol. The summed E-state index contributed by atoms with van der Waals surface area (Å²) >= 11 is 1.18. The zero-order valence-electron chi connectivity index (χ0n) is 21.7. The second-order valence-corrected chi connectivity index (χ2v) is 9.77. The van der Waals surface area contributed by atoms with Gasteiger partial charge < -0.3 is 9.47 Å². The van der Waals surface area contributed by atoms with E-state index in [2.05, 4.69) is 4.99 Å². The Balaban J connectivity index is 1.48. The minimum Gasteiger partial charge on any atom is -0.493 e. The topological polar surface area (TPSA) is 94.3 Å². The third-order valence-corrected chi connectivity index (χ3v) is 6.96. The molecule has 0 unspecified atom stereocenters. The van der Waals surface area contributed by atoms with E-state index in [1.54, 1.807) is 24.3 Å². The molecule has 1 aliphatic rings. The number of non-ortho nitro benzene ring substituents is 1. The number of nitro benzene ring substituents is 1. The van der Waals surface area contributed by atoms with Gasteiger partial charge >= 0.3 is 6.18 Å². The van der Waals surface area contributed by atoms with Gasteiger partial charge in [-0.3, -0.25) is 19.8 Å². The molecule has 0 N–H and O–H groups in total. The maximum Gasteiger partial charge on any atom is 0.420 e. The Morgan fingerprint density at radius 1 is 0.905 bits per heavy atom. The number of amides is 1. The number of nitrogens with zero attached hydrogens (tertiary/aromatic N) is 3. The van der Waals surface area contributed by atoms with Crippen molar-refractivity contribution >= 4 is 46.0 Å². The molecule has 0 aromatic heterocycles. The first-order chi connectivity index (χ1) is 20.1. The molecule has 1 saturated heterocycles. The largest absolute Gasteiger partial charge is 0.493 e. The first kappa shape index (κ1) is 28.4. The van der Waals surface area contributed by atoms with Crippen molar-refractivity contribution < 1.29 is 32.4 Å². The molecule has 1 fully saturated rings. The van der Waals surface area contributed by atoms with Crippen LogP contribution in [0.4, 0.5) is 30.2 Å². The Hall–Kier alpha value is -5.10. The van der Waals surface area contributed by atoms with Gasteiger partial charge in [0.15, 0.2) is 16.7 Å². The Kier molecular flexibility index (Phi) is 7.98. The molecule has 0 spiro atoms. The number of nitro groups is 1. The van der Waals surface area contributed by atoms with Crippen LogP contribution in [0.1, 0.15) is 11.1 Å². The van der Waals surface area contributed by atoms with Gasteiger partial charge in [0.2, 0.25) is 0 Å². The van der Waals surface area contributed by atoms with Crippen LogP contribution in [0.15, 0.2) is 107 Å². The molecule has 4 aromatic carbocycles. The number of ether oxygens (including phenoxy) is 2. The van der Waals surface area contributed by atoms with Crippen molar-refractivity contribution in [3.8, 4) is 17.2 Å². The summed E-state index contributed by atoms with van der Waals surface area (Å²) in [7, 11) is 1.32. The number of halogens is 3. The van der Waals surface area contributed by atoms with Crippen molar-refractivity contribution in [2.45, 2.75) is 6.18 Å². The normalized spacial score (nSPS) is 15.3. The number of para-hydroxylation sites is 2. The van der Waals surface area contributed by atoms with Crippen LogP contribution in [0.25, 0.3) is 6.08 Å². The Morgan fingerprint density at radius 3 is 2.21 bits per heavy atom. The number of carbonyl (C=O) groups is 1. The maximum atomic E-state index is 13.6. The molecule has 0 saturated carbocycles. The third-order valence-electron chi connectivity index (χ3n) is 5.99. The van der Waals surface area contributed by atoms with Gasteiger partial charge in [-0.25, -0.2) is 4.99 Å². The summed E-state index contributed by atoms with van der Waals surface area (Å²) in [5, 5.41) is 11.5. The minimum absolute atomic E-state index is 0.0540. The van der Waals surface area contributed by atoms with E-state index in [0.29, 0.717) is 33.1 Å². The van der Waals surface area contributed by atoms with E-state index in [9.17, 15) is 28.1 Å². The Labute approximate surface area is 241 Å². The lowest BCUT2D eigenvalue weighted by atomic mass is 10.1. The van der Waals surface area contributed by atoms with E-state index >= 15 is 0 Å². The predicted molar refractivity (Wildman–Crippen MR) is 154 cm³/mol. The average molecular weight is 592 g/mol. The van der Waals surface area contributed by atoms with Crippen LogP contribution in [0.5, 0.6) is 17.2 Å². The number of benzene rings is 4. The van der Waals surface area contributed by atoms with Crippen LogP contribution in [0, 0.1) is 10.1 Å². The van der Waals surface area contributed by atoms with E-state index in [0.717, 1.165) is 12.1 Å². The fourth-order valence-corrected chi connectivity index (χ4v) is 5.04. The quantitative estimate of drug-likeness (QED) is 0.122. The number of carbonyl (C=O) groups excluding carboxylic acids is 1. The third kappa shape index (κ3) is 6.13. The molecule has 1 aliphatic heterocycles. The summed E-state index contributed by atoms with van der Waals surface area (Å²) in [5.74, 6) is -0.897. The second-order valence-electron chi connectivity index (χ2n) is 8.76. The van der Waals surface area contributed by atoms with Gasteiger partial charge in [-0.1, -0.05) is 42.5 Å². The van der Waals surface area contributed by atoms with Crippen LogP contribution in [0.2, 0.25) is 0 Å². The molecule has 0 aliphatic carbocycles. The molecule has 8 nitrogen and oxygen atoms in total. The summed E-state index contributed by atoms with van der Waals surface area (Å²) in [4.78, 5) is 30.1. The molecule has 1 heterocycles. The molecule has 0 radical (unpaired) electrons. The highest BCUT2D eigenvalue weighted by atomic mass is 32.2. The lowest BCUT2D eigenvalue weighted by Crippen LogP contribution is -2.28. The zero-order chi connectivity index (χ0) is 29.9. The van der Waals surface area contributed by atoms with Crippen molar-refractivity contribution in [3.63, 3.8) is 0 Å². The van der Waals surface area contributed by atoms with Crippen LogP contribution in [-0.4, -0.2) is 23.1 Å². The summed E-state index contributed by atoms with van der Waals surface area (Å²) in [6.07, 6.45) is -3.28. The number of thioether (sulfide) groups is 1. The van der Waals surface area contributed by atoms with Gasteiger partial charge in [-0.2, -0.15) is 13.2 Å². The van der Waals surface area contributed by atoms with Crippen molar-refractivity contribution in [1.82, 2.24) is 0 Å². The molecular formula is C30H20F3N3O5S. The molecule has 1 amide bonds. The van der Waals surface area contributed by atoms with Gasteiger partial charge in [-0.05, 0) is 65.9 Å². The maximum absolute atomic E-state index is 13.6. The van der Waals surface area contributed by atoms with Crippen molar-refractivity contribution in [3.05, 3.63) is 123 Å². The number of hydrogen-bond acceptors (Lipinski definition) is 7. The Morgan fingerprint density at radius 2 is 1.57 bits per heavy atom. The standard InChI is InChI=1S/C30H20F3N3O5S/c1-40-26-16-19(12-14-25(26)41-24-15-13-22(36(38)39)18-23(24)30(31,32)33)17-27-28(37)35(21-10-6-3-7-11-21)29(42-27)34-20-8-4-2-5-9-20/h2-18H,1H3. The smallest absolute Gasteiger partial charge is 0.420 e. The molecule has 42 heavy (non-hydrogen) atoms. The average Bonchev–Trinajstić information content (AvgIpc) is 3.27. The van der Waals surface area contributed by atoms with Crippen LogP contribution in [-0.2, 0) is 11.0 Å². The van der Waals surface area contributed by atoms with Crippen LogP contribution >= 0.6 is 11.8 Å². The van der Waals surface area contributed by atoms with Gasteiger partial charge in [0.1, 0.15) is 11.3 Å². The van der Waals surface area contributed by atoms with E-state index in [1.165, 1.54) is 35.9 Å². The summed E-state index contributed by atoms with van der Waals surface area (Å²) in [6.45, 7) is 0. The van der Waals surface area contributed by atoms with Gasteiger partial charge in [0.25, 0.3) is 11.6 Å². The highest BCUT2D eigenvalue weighted by molar-refractivity contribution is 8.19. The molecule has 0 atom stereocenters. The SMILES string of the molecule is COc1cc(C=C2SC(=Nc3ccccc3)N(c3ccccc3)C2=O)ccc1Oc1ccc([N+](=O)[O-])cc1C(F)(F)F. The predicted octanol–water partition coefficient (Wildman–Crippen LogP) is 8.22. The zero-order valence-corrected chi connectivity index (χ0v) is 22.6. The lowest BCUT2D eigenvalue weighted by molar-refractivity contribution is -0.385. The first-order valence-electron chi connectivity index (χ1n) is 12.3. The highest BCUT2D eigenvalue weighted by Crippen LogP contribution is 2.43. The number of alkyl halides is 3. The van der Waals surface area contributed by atoms with Gasteiger partial charge in [0.05, 0.1) is 28.3 Å². The number of hydrogen-bond donors (Lipinski definition) is 0. The van der Waals surface area contributed by atoms with Gasteiger partial charge in [0, 0.05) is 12.1 Å². The fourth-order valence-electron chi connectivity index (χ4n) is 4.04. The Bertz CT molecular complexity index is 1710. The molecule has 4 aromatic rings. The monoisotopic (exact) mass is 591 g/mol. The highest BCUT2D eigenvalue weighted by Gasteiger charge is 2.37. The van der Waals surface area contributed by atoms with Crippen LogP contribution in [0.3, 0.4) is 0 Å². The van der Waals surface area contributed by atoms with E-state index in [-0.39, 0.29) is 17.4 Å². The molecule has 0 bridgehead atoms. The van der Waals surface area contributed by atoms with Crippen molar-refractivity contribution in [2.24, 2.45) is 4.99 Å². The number of anilines is 1. The summed E-state index contributed by atoms with van der Waals surface area (Å²) in [5.41, 5.74) is -0.199. The first-order valence-corrected chi connectivity index (χ1v) is 13.1. The van der Waals surface area contributed by atoms with Gasteiger partial charge in [-0.15, -0.1) is 0 Å². The number of amidine groups is 1. The van der Waals surface area contributed by atoms with Crippen molar-refractivity contribution in [1.29, 1.82) is 0 Å². The fraction of sp³-hybridized carbons (Fsp3) is 0.0667. The molecule has 212 valence electrons. The number of rotatable bonds is 7. The summed E-state index contributed by atoms with van der Waals surface area (Å²) < 4.78 is 51.8. The van der Waals surface area contributed by atoms with E-state index in [1.807, 2.05) is 48.5 Å². The number of aliphatic imine (C=N–C) groups is 1.